The number of hydrogen-bond acceptors (Lipinski definition) is 3. The second-order valence-electron chi connectivity index (χ2n) is 3.39. The number of carbonyl (C=O) groups excluding carboxylic acids is 2. The average Bonchev–Trinajstić information content (AvgIpc) is 2.22. The second kappa shape index (κ2) is 4.63. The third-order valence-corrected chi connectivity index (χ3v) is 2.91. The highest BCUT2D eigenvalue weighted by Crippen LogP contribution is 2.20. The van der Waals surface area contributed by atoms with E-state index in [1.54, 1.807) is 0 Å². The molecule has 1 unspecified atom stereocenters. The zero-order chi connectivity index (χ0) is 13.4. The Balaban J connectivity index is 2.98. The molecule has 0 aromatic carbocycles. The van der Waals surface area contributed by atoms with E-state index in [2.05, 4.69) is 20.9 Å². The number of amides is 3. The van der Waals surface area contributed by atoms with Crippen LogP contribution in [0.15, 0.2) is 4.99 Å². The average molecular weight is 316 g/mol. The second-order valence-corrected chi connectivity index (χ2v) is 4.31. The summed E-state index contributed by atoms with van der Waals surface area (Å²) in [6.45, 7) is -1.43. The zero-order valence-corrected chi connectivity index (χ0v) is 10.5. The Morgan fingerprint density at radius 1 is 1.29 bits per heavy atom. The normalized spacial score (nSPS) is 24.8. The standard InChI is InChI=1S/C8H9BrF3N3O2/c1-14-5(13-3-8(10,11)12)4(9)6(16)15(2)7(14)17/h4H,3H2,1-2H3. The maximum Gasteiger partial charge on any atom is 0.408 e. The Bertz CT molecular complexity index is 359. The van der Waals surface area contributed by atoms with Crippen LogP contribution in [0.3, 0.4) is 0 Å². The van der Waals surface area contributed by atoms with Crippen LogP contribution < -0.4 is 0 Å². The first kappa shape index (κ1) is 13.9. The van der Waals surface area contributed by atoms with E-state index in [1.807, 2.05) is 0 Å². The third kappa shape index (κ3) is 2.96. The van der Waals surface area contributed by atoms with Crippen molar-refractivity contribution in [3.63, 3.8) is 0 Å². The molecule has 17 heavy (non-hydrogen) atoms. The quantitative estimate of drug-likeness (QED) is 0.684. The smallest absolute Gasteiger partial charge is 0.284 e. The van der Waals surface area contributed by atoms with Gasteiger partial charge in [-0.2, -0.15) is 13.2 Å². The largest absolute Gasteiger partial charge is 0.408 e. The summed E-state index contributed by atoms with van der Waals surface area (Å²) < 4.78 is 36.0. The first-order valence-electron chi connectivity index (χ1n) is 4.45. The molecular formula is C8H9BrF3N3O2. The molecule has 1 rings (SSSR count). The molecule has 0 N–H and O–H groups in total. The van der Waals surface area contributed by atoms with Crippen LogP contribution in [0.4, 0.5) is 18.0 Å². The fourth-order valence-corrected chi connectivity index (χ4v) is 1.98. The Morgan fingerprint density at radius 3 is 2.29 bits per heavy atom. The molecule has 1 atom stereocenters. The highest BCUT2D eigenvalue weighted by atomic mass is 79.9. The number of amidine groups is 1. The predicted octanol–water partition coefficient (Wildman–Crippen LogP) is 1.23. The molecular weight excluding hydrogens is 307 g/mol. The lowest BCUT2D eigenvalue weighted by Gasteiger charge is -2.33. The van der Waals surface area contributed by atoms with Crippen LogP contribution in [0.5, 0.6) is 0 Å². The highest BCUT2D eigenvalue weighted by Gasteiger charge is 2.40. The van der Waals surface area contributed by atoms with Crippen molar-refractivity contribution in [1.82, 2.24) is 9.80 Å². The van der Waals surface area contributed by atoms with Crippen LogP contribution in [-0.2, 0) is 4.79 Å². The maximum absolute atomic E-state index is 12.0. The van der Waals surface area contributed by atoms with Gasteiger partial charge < -0.3 is 0 Å². The minimum Gasteiger partial charge on any atom is -0.284 e. The number of aliphatic imine (C=N–C) groups is 1. The van der Waals surface area contributed by atoms with Gasteiger partial charge in [0.15, 0.2) is 4.83 Å². The minimum absolute atomic E-state index is 0.240. The molecule has 0 aromatic rings. The van der Waals surface area contributed by atoms with Crippen molar-refractivity contribution in [2.75, 3.05) is 20.6 Å². The van der Waals surface area contributed by atoms with Crippen molar-refractivity contribution >= 4 is 33.7 Å². The van der Waals surface area contributed by atoms with Crippen molar-refractivity contribution in [1.29, 1.82) is 0 Å². The molecule has 96 valence electrons. The number of alkyl halides is 4. The molecule has 3 amide bonds. The molecule has 1 aliphatic rings. The lowest BCUT2D eigenvalue weighted by Crippen LogP contribution is -2.57. The summed E-state index contributed by atoms with van der Waals surface area (Å²) in [4.78, 5) is 26.9. The Morgan fingerprint density at radius 2 is 1.82 bits per heavy atom. The van der Waals surface area contributed by atoms with Crippen LogP contribution in [0.1, 0.15) is 0 Å². The van der Waals surface area contributed by atoms with E-state index in [4.69, 9.17) is 0 Å². The summed E-state index contributed by atoms with van der Waals surface area (Å²) in [6, 6.07) is -0.716. The van der Waals surface area contributed by atoms with Gasteiger partial charge in [-0.3, -0.25) is 19.6 Å². The van der Waals surface area contributed by atoms with E-state index in [9.17, 15) is 22.8 Å². The summed E-state index contributed by atoms with van der Waals surface area (Å²) >= 11 is 2.91. The van der Waals surface area contributed by atoms with Crippen molar-refractivity contribution in [3.05, 3.63) is 0 Å². The topological polar surface area (TPSA) is 53.0 Å². The first-order valence-corrected chi connectivity index (χ1v) is 5.37. The number of hydrogen-bond donors (Lipinski definition) is 0. The number of carbonyl (C=O) groups is 2. The molecule has 1 heterocycles. The van der Waals surface area contributed by atoms with Gasteiger partial charge in [0.1, 0.15) is 12.4 Å². The molecule has 1 fully saturated rings. The van der Waals surface area contributed by atoms with E-state index >= 15 is 0 Å². The van der Waals surface area contributed by atoms with Crippen molar-refractivity contribution in [2.45, 2.75) is 11.0 Å². The Labute approximate surface area is 103 Å². The van der Waals surface area contributed by atoms with E-state index in [0.717, 1.165) is 9.80 Å². The third-order valence-electron chi connectivity index (χ3n) is 2.11. The summed E-state index contributed by atoms with van der Waals surface area (Å²) in [5, 5.41) is 0. The summed E-state index contributed by atoms with van der Waals surface area (Å²) in [5.41, 5.74) is 0. The number of urea groups is 1. The van der Waals surface area contributed by atoms with Gasteiger partial charge in [0, 0.05) is 14.1 Å². The van der Waals surface area contributed by atoms with Crippen LogP contribution in [0.25, 0.3) is 0 Å². The van der Waals surface area contributed by atoms with Crippen LogP contribution in [-0.4, -0.2) is 59.2 Å². The molecule has 1 aliphatic heterocycles. The van der Waals surface area contributed by atoms with Gasteiger partial charge >= 0.3 is 12.2 Å². The molecule has 1 saturated heterocycles. The van der Waals surface area contributed by atoms with Crippen molar-refractivity contribution in [3.8, 4) is 0 Å². The molecule has 0 bridgehead atoms. The van der Waals surface area contributed by atoms with Gasteiger partial charge in [0.2, 0.25) is 0 Å². The minimum atomic E-state index is -4.48. The van der Waals surface area contributed by atoms with Crippen molar-refractivity contribution in [2.24, 2.45) is 4.99 Å². The molecule has 0 aliphatic carbocycles. The van der Waals surface area contributed by atoms with Gasteiger partial charge in [-0.05, 0) is 0 Å². The molecule has 5 nitrogen and oxygen atoms in total. The van der Waals surface area contributed by atoms with Gasteiger partial charge in [0.05, 0.1) is 0 Å². The zero-order valence-electron chi connectivity index (χ0n) is 8.95. The van der Waals surface area contributed by atoms with Gasteiger partial charge in [0.25, 0.3) is 5.91 Å². The number of nitrogens with zero attached hydrogens (tertiary/aromatic N) is 3. The molecule has 9 heteroatoms. The van der Waals surface area contributed by atoms with Crippen LogP contribution in [0, 0.1) is 0 Å². The van der Waals surface area contributed by atoms with Crippen molar-refractivity contribution < 1.29 is 22.8 Å². The number of rotatable bonds is 1. The first-order chi connectivity index (χ1) is 7.65. The summed E-state index contributed by atoms with van der Waals surface area (Å²) in [6.07, 6.45) is -4.48. The SMILES string of the molecule is CN1C(=O)C(Br)C(=NCC(F)(F)F)N(C)C1=O. The predicted molar refractivity (Wildman–Crippen MR) is 57.0 cm³/mol. The lowest BCUT2D eigenvalue weighted by molar-refractivity contribution is -0.127. The monoisotopic (exact) mass is 315 g/mol. The fraction of sp³-hybridized carbons (Fsp3) is 0.625. The van der Waals surface area contributed by atoms with E-state index in [1.165, 1.54) is 14.1 Å². The van der Waals surface area contributed by atoms with Gasteiger partial charge in [-0.25, -0.2) is 4.79 Å². The van der Waals surface area contributed by atoms with Crippen LogP contribution >= 0.6 is 15.9 Å². The highest BCUT2D eigenvalue weighted by molar-refractivity contribution is 9.10. The fourth-order valence-electron chi connectivity index (χ4n) is 1.22. The Hall–Kier alpha value is -1.12. The molecule has 0 saturated carbocycles. The lowest BCUT2D eigenvalue weighted by atomic mass is 10.2. The number of imide groups is 1. The number of halogens is 4. The molecule has 0 spiro atoms. The van der Waals surface area contributed by atoms with Crippen LogP contribution in [0.2, 0.25) is 0 Å². The van der Waals surface area contributed by atoms with Gasteiger partial charge in [-0.15, -0.1) is 0 Å². The summed E-state index contributed by atoms with van der Waals surface area (Å²) in [7, 11) is 2.50. The maximum atomic E-state index is 12.0. The van der Waals surface area contributed by atoms with E-state index < -0.39 is 29.5 Å². The summed E-state index contributed by atoms with van der Waals surface area (Å²) in [5.74, 6) is -0.885. The van der Waals surface area contributed by atoms with E-state index in [0.29, 0.717) is 0 Å². The molecule has 0 aromatic heterocycles. The van der Waals surface area contributed by atoms with Gasteiger partial charge in [-0.1, -0.05) is 15.9 Å². The Kier molecular flexibility index (Phi) is 3.80. The van der Waals surface area contributed by atoms with E-state index in [-0.39, 0.29) is 5.84 Å². The molecule has 0 radical (unpaired) electrons.